The molecule has 13 heteroatoms. The van der Waals surface area contributed by atoms with Gasteiger partial charge >= 0.3 is 6.01 Å². The number of alkyl halides is 2. The summed E-state index contributed by atoms with van der Waals surface area (Å²) in [6.45, 7) is 1.31. The minimum absolute atomic E-state index is 0.00879. The molecule has 0 radical (unpaired) electrons. The second-order valence-electron chi connectivity index (χ2n) is 12.6. The van der Waals surface area contributed by atoms with Gasteiger partial charge in [-0.3, -0.25) is 0 Å². The summed E-state index contributed by atoms with van der Waals surface area (Å²) in [5, 5.41) is 21.4. The highest BCUT2D eigenvalue weighted by molar-refractivity contribution is 6.04. The zero-order valence-corrected chi connectivity index (χ0v) is 25.3. The second-order valence-corrected chi connectivity index (χ2v) is 12.6. The first-order valence-corrected chi connectivity index (χ1v) is 14.5. The van der Waals surface area contributed by atoms with Crippen molar-refractivity contribution in [3.05, 3.63) is 53.3 Å². The molecular formula is C33H31F5N4O4. The van der Waals surface area contributed by atoms with Gasteiger partial charge in [-0.2, -0.15) is 9.97 Å². The SMILES string of the molecule is C#Cc1c(F)ccc2cc(O)cc(-c3c(F)cc4c(N5CCOCC(C)(O)C5)nc(OC[C@]5(CN(C)C)CC5(F)F)nc4c3F)c12. The number of hydrogen-bond donors (Lipinski definition) is 2. The lowest BCUT2D eigenvalue weighted by Gasteiger charge is -2.29. The number of hydrogen-bond acceptors (Lipinski definition) is 8. The standard InChI is InChI=1S/C33H31F5N4O4/c1-5-20-23(34)7-6-18-10-19(43)11-21(25(18)20)26-24(35)12-22-28(27(26)36)39-30(46-17-32(15-41(3)4)13-33(32,37)38)40-29(22)42-8-9-45-16-31(2,44)14-42/h1,6-7,10-12,43-44H,8-9,13-17H2,2-4H3/t31?,32-/m1/s1. The number of benzene rings is 3. The maximum atomic E-state index is 16.7. The normalized spacial score (nSPS) is 22.7. The molecule has 1 aliphatic heterocycles. The molecule has 2 aliphatic rings. The van der Waals surface area contributed by atoms with Crippen LogP contribution in [0.3, 0.4) is 0 Å². The molecule has 0 amide bonds. The number of anilines is 1. The number of aliphatic hydroxyl groups is 1. The van der Waals surface area contributed by atoms with E-state index in [1.165, 1.54) is 19.1 Å². The smallest absolute Gasteiger partial charge is 0.319 e. The molecule has 242 valence electrons. The second kappa shape index (κ2) is 11.2. The molecular weight excluding hydrogens is 611 g/mol. The number of nitrogens with zero attached hydrogens (tertiary/aromatic N) is 4. The van der Waals surface area contributed by atoms with Crippen LogP contribution in [0.1, 0.15) is 18.9 Å². The van der Waals surface area contributed by atoms with Gasteiger partial charge < -0.3 is 29.5 Å². The predicted octanol–water partition coefficient (Wildman–Crippen LogP) is 5.11. The van der Waals surface area contributed by atoms with Crippen LogP contribution in [0.25, 0.3) is 32.8 Å². The Hall–Kier alpha value is -4.25. The Labute approximate surface area is 261 Å². The number of aromatic hydroxyl groups is 1. The van der Waals surface area contributed by atoms with Crippen LogP contribution < -0.4 is 9.64 Å². The molecule has 0 spiro atoms. The number of terminal acetylenes is 1. The summed E-state index contributed by atoms with van der Waals surface area (Å²) >= 11 is 0. The van der Waals surface area contributed by atoms with Gasteiger partial charge in [-0.15, -0.1) is 6.42 Å². The van der Waals surface area contributed by atoms with E-state index in [0.717, 1.165) is 18.2 Å². The molecule has 3 aromatic carbocycles. The van der Waals surface area contributed by atoms with Gasteiger partial charge in [0.15, 0.2) is 5.82 Å². The van der Waals surface area contributed by atoms with Crippen LogP contribution in [-0.4, -0.2) is 90.2 Å². The first-order chi connectivity index (χ1) is 21.6. The highest BCUT2D eigenvalue weighted by Gasteiger charge is 2.71. The third-order valence-electron chi connectivity index (χ3n) is 8.36. The van der Waals surface area contributed by atoms with Crippen LogP contribution in [0.15, 0.2) is 30.3 Å². The number of β-amino-alcohol motifs (C(OH)–C–C–N with tert-alkyl or cyclic N) is 1. The molecule has 1 unspecified atom stereocenters. The average molecular weight is 643 g/mol. The van der Waals surface area contributed by atoms with Crippen molar-refractivity contribution in [1.82, 2.24) is 14.9 Å². The molecule has 1 saturated carbocycles. The summed E-state index contributed by atoms with van der Waals surface area (Å²) in [6.07, 6.45) is 5.16. The van der Waals surface area contributed by atoms with E-state index in [2.05, 4.69) is 15.9 Å². The van der Waals surface area contributed by atoms with Crippen molar-refractivity contribution in [3.8, 4) is 35.2 Å². The maximum Gasteiger partial charge on any atom is 0.319 e. The number of phenolic OH excluding ortho intramolecular Hbond substituents is 1. The highest BCUT2D eigenvalue weighted by atomic mass is 19.3. The van der Waals surface area contributed by atoms with Crippen LogP contribution >= 0.6 is 0 Å². The molecule has 1 saturated heterocycles. The highest BCUT2D eigenvalue weighted by Crippen LogP contribution is 2.60. The lowest BCUT2D eigenvalue weighted by molar-refractivity contribution is -0.0123. The lowest BCUT2D eigenvalue weighted by Crippen LogP contribution is -2.42. The molecule has 6 rings (SSSR count). The van der Waals surface area contributed by atoms with Gasteiger partial charge in [0.1, 0.15) is 40.9 Å². The average Bonchev–Trinajstić information content (AvgIpc) is 3.57. The van der Waals surface area contributed by atoms with Crippen LogP contribution in [-0.2, 0) is 4.74 Å². The molecule has 2 N–H and O–H groups in total. The number of halogens is 5. The van der Waals surface area contributed by atoms with Gasteiger partial charge in [0.05, 0.1) is 36.3 Å². The summed E-state index contributed by atoms with van der Waals surface area (Å²) < 4.78 is 87.9. The monoisotopic (exact) mass is 642 g/mol. The maximum absolute atomic E-state index is 16.7. The van der Waals surface area contributed by atoms with E-state index in [-0.39, 0.29) is 71.7 Å². The molecule has 1 aromatic heterocycles. The fraction of sp³-hybridized carbons (Fsp3) is 0.394. The molecule has 4 aromatic rings. The molecule has 46 heavy (non-hydrogen) atoms. The molecule has 0 bridgehead atoms. The number of ether oxygens (including phenoxy) is 2. The molecule has 2 atom stereocenters. The van der Waals surface area contributed by atoms with E-state index >= 15 is 8.78 Å². The van der Waals surface area contributed by atoms with E-state index in [0.29, 0.717) is 0 Å². The fourth-order valence-corrected chi connectivity index (χ4v) is 6.22. The van der Waals surface area contributed by atoms with Crippen molar-refractivity contribution < 1.29 is 41.6 Å². The quantitative estimate of drug-likeness (QED) is 0.213. The van der Waals surface area contributed by atoms with E-state index in [4.69, 9.17) is 15.9 Å². The van der Waals surface area contributed by atoms with Crippen LogP contribution in [0.2, 0.25) is 0 Å². The zero-order valence-electron chi connectivity index (χ0n) is 25.3. The Morgan fingerprint density at radius 3 is 2.54 bits per heavy atom. The van der Waals surface area contributed by atoms with Crippen molar-refractivity contribution in [1.29, 1.82) is 0 Å². The predicted molar refractivity (Wildman–Crippen MR) is 162 cm³/mol. The first-order valence-electron chi connectivity index (χ1n) is 14.5. The minimum atomic E-state index is -3.00. The minimum Gasteiger partial charge on any atom is -0.508 e. The van der Waals surface area contributed by atoms with E-state index in [1.54, 1.807) is 23.9 Å². The van der Waals surface area contributed by atoms with Crippen LogP contribution in [0, 0.1) is 35.2 Å². The Bertz CT molecular complexity index is 1910. The summed E-state index contributed by atoms with van der Waals surface area (Å²) in [5.74, 6) is -4.26. The van der Waals surface area contributed by atoms with Crippen molar-refractivity contribution >= 4 is 27.5 Å². The Kier molecular flexibility index (Phi) is 7.74. The number of aromatic nitrogens is 2. The number of fused-ring (bicyclic) bond motifs is 2. The first kappa shape index (κ1) is 31.7. The molecule has 8 nitrogen and oxygen atoms in total. The van der Waals surface area contributed by atoms with Crippen molar-refractivity contribution in [3.63, 3.8) is 0 Å². The van der Waals surface area contributed by atoms with Crippen LogP contribution in [0.5, 0.6) is 11.8 Å². The van der Waals surface area contributed by atoms with Gasteiger partial charge in [0.25, 0.3) is 5.92 Å². The van der Waals surface area contributed by atoms with Gasteiger partial charge in [-0.25, -0.2) is 22.0 Å². The van der Waals surface area contributed by atoms with E-state index in [1.807, 2.05) is 0 Å². The van der Waals surface area contributed by atoms with Crippen LogP contribution in [0.4, 0.5) is 27.8 Å². The third kappa shape index (κ3) is 5.55. The zero-order chi connectivity index (χ0) is 33.2. The largest absolute Gasteiger partial charge is 0.508 e. The molecule has 2 fully saturated rings. The summed E-state index contributed by atoms with van der Waals surface area (Å²) in [5.41, 5.74) is -4.46. The summed E-state index contributed by atoms with van der Waals surface area (Å²) in [4.78, 5) is 11.8. The Morgan fingerprint density at radius 1 is 1.13 bits per heavy atom. The van der Waals surface area contributed by atoms with E-state index in [9.17, 15) is 23.4 Å². The van der Waals surface area contributed by atoms with E-state index < -0.39 is 64.5 Å². The lowest BCUT2D eigenvalue weighted by atomic mass is 9.92. The Balaban J connectivity index is 1.57. The summed E-state index contributed by atoms with van der Waals surface area (Å²) in [6, 6.07) is 5.30. The topological polar surface area (TPSA) is 91.2 Å². The van der Waals surface area contributed by atoms with Gasteiger partial charge in [-0.1, -0.05) is 12.0 Å². The molecule has 1 aliphatic carbocycles. The summed E-state index contributed by atoms with van der Waals surface area (Å²) in [7, 11) is 3.31. The number of phenols is 1. The van der Waals surface area contributed by atoms with Gasteiger partial charge in [0.2, 0.25) is 0 Å². The molecule has 2 heterocycles. The van der Waals surface area contributed by atoms with Crippen molar-refractivity contribution in [2.75, 3.05) is 58.5 Å². The third-order valence-corrected chi connectivity index (χ3v) is 8.36. The van der Waals surface area contributed by atoms with Gasteiger partial charge in [0, 0.05) is 35.8 Å². The fourth-order valence-electron chi connectivity index (χ4n) is 6.22. The van der Waals surface area contributed by atoms with Crippen molar-refractivity contribution in [2.24, 2.45) is 5.41 Å². The number of rotatable bonds is 7. The van der Waals surface area contributed by atoms with Gasteiger partial charge in [-0.05, 0) is 50.7 Å². The van der Waals surface area contributed by atoms with Crippen molar-refractivity contribution in [2.45, 2.75) is 24.9 Å². The Morgan fingerprint density at radius 2 is 1.87 bits per heavy atom.